The van der Waals surface area contributed by atoms with E-state index in [1.54, 1.807) is 0 Å². The van der Waals surface area contributed by atoms with Gasteiger partial charge in [0.2, 0.25) is 0 Å². The average molecular weight is 249 g/mol. The summed E-state index contributed by atoms with van der Waals surface area (Å²) in [6, 6.07) is 2.25. The molecule has 102 valence electrons. The summed E-state index contributed by atoms with van der Waals surface area (Å²) in [5.41, 5.74) is 8.48. The first-order valence-electron chi connectivity index (χ1n) is 7.37. The van der Waals surface area contributed by atoms with E-state index in [0.29, 0.717) is 5.92 Å². The molecule has 0 bridgehead atoms. The summed E-state index contributed by atoms with van der Waals surface area (Å²) in [5, 5.41) is 4.55. The molecule has 1 aliphatic carbocycles. The molecular formula is C15H27N3. The van der Waals surface area contributed by atoms with Gasteiger partial charge >= 0.3 is 0 Å². The summed E-state index contributed by atoms with van der Waals surface area (Å²) in [7, 11) is 0. The molecule has 2 rings (SSSR count). The molecule has 3 nitrogen and oxygen atoms in total. The third-order valence-electron chi connectivity index (χ3n) is 4.46. The van der Waals surface area contributed by atoms with Crippen LogP contribution in [0.5, 0.6) is 0 Å². The van der Waals surface area contributed by atoms with Crippen LogP contribution in [0.15, 0.2) is 6.07 Å². The van der Waals surface area contributed by atoms with Crippen LogP contribution in [0, 0.1) is 24.7 Å². The SMILES string of the molecule is CCn1nc(C)cc1CC1CC(C)CCC1CN. The van der Waals surface area contributed by atoms with Gasteiger partial charge in [-0.15, -0.1) is 0 Å². The van der Waals surface area contributed by atoms with Gasteiger partial charge in [-0.05, 0) is 63.5 Å². The van der Waals surface area contributed by atoms with Crippen molar-refractivity contribution in [3.63, 3.8) is 0 Å². The minimum Gasteiger partial charge on any atom is -0.330 e. The fourth-order valence-corrected chi connectivity index (χ4v) is 3.43. The summed E-state index contributed by atoms with van der Waals surface area (Å²) in [4.78, 5) is 0. The highest BCUT2D eigenvalue weighted by molar-refractivity contribution is 5.10. The van der Waals surface area contributed by atoms with Gasteiger partial charge < -0.3 is 5.73 Å². The van der Waals surface area contributed by atoms with Crippen LogP contribution in [0.4, 0.5) is 0 Å². The largest absolute Gasteiger partial charge is 0.330 e. The predicted octanol–water partition coefficient (Wildman–Crippen LogP) is 2.77. The molecule has 1 saturated carbocycles. The van der Waals surface area contributed by atoms with Gasteiger partial charge in [0, 0.05) is 12.2 Å². The minimum absolute atomic E-state index is 0.710. The average Bonchev–Trinajstić information content (AvgIpc) is 2.70. The Morgan fingerprint density at radius 3 is 2.83 bits per heavy atom. The molecule has 0 spiro atoms. The van der Waals surface area contributed by atoms with E-state index in [1.807, 2.05) is 0 Å². The first-order chi connectivity index (χ1) is 8.63. The van der Waals surface area contributed by atoms with E-state index in [9.17, 15) is 0 Å². The number of rotatable bonds is 4. The van der Waals surface area contributed by atoms with Crippen molar-refractivity contribution >= 4 is 0 Å². The van der Waals surface area contributed by atoms with Crippen LogP contribution in [0.1, 0.15) is 44.5 Å². The molecule has 1 aliphatic rings. The second kappa shape index (κ2) is 5.87. The number of nitrogens with zero attached hydrogens (tertiary/aromatic N) is 2. The van der Waals surface area contributed by atoms with Crippen molar-refractivity contribution in [2.24, 2.45) is 23.5 Å². The second-order valence-electron chi connectivity index (χ2n) is 5.97. The molecule has 0 aromatic carbocycles. The van der Waals surface area contributed by atoms with Gasteiger partial charge in [0.15, 0.2) is 0 Å². The molecule has 18 heavy (non-hydrogen) atoms. The Morgan fingerprint density at radius 1 is 1.39 bits per heavy atom. The summed E-state index contributed by atoms with van der Waals surface area (Å²) in [5.74, 6) is 2.32. The van der Waals surface area contributed by atoms with Gasteiger partial charge in [0.25, 0.3) is 0 Å². The van der Waals surface area contributed by atoms with Gasteiger partial charge in [-0.1, -0.05) is 13.3 Å². The minimum atomic E-state index is 0.710. The number of aromatic nitrogens is 2. The van der Waals surface area contributed by atoms with Crippen LogP contribution in [0.25, 0.3) is 0 Å². The molecule has 1 heterocycles. The van der Waals surface area contributed by atoms with Gasteiger partial charge in [0.05, 0.1) is 5.69 Å². The van der Waals surface area contributed by atoms with Crippen molar-refractivity contribution < 1.29 is 0 Å². The fourth-order valence-electron chi connectivity index (χ4n) is 3.43. The van der Waals surface area contributed by atoms with Crippen LogP contribution in [0.3, 0.4) is 0 Å². The van der Waals surface area contributed by atoms with E-state index < -0.39 is 0 Å². The maximum Gasteiger partial charge on any atom is 0.0596 e. The van der Waals surface area contributed by atoms with Crippen LogP contribution >= 0.6 is 0 Å². The number of hydrogen-bond donors (Lipinski definition) is 1. The molecule has 0 radical (unpaired) electrons. The Hall–Kier alpha value is -0.830. The van der Waals surface area contributed by atoms with E-state index in [2.05, 4.69) is 36.6 Å². The molecule has 0 amide bonds. The first-order valence-corrected chi connectivity index (χ1v) is 7.37. The van der Waals surface area contributed by atoms with Gasteiger partial charge in [-0.2, -0.15) is 5.10 Å². The van der Waals surface area contributed by atoms with E-state index in [4.69, 9.17) is 5.73 Å². The Bertz CT molecular complexity index is 383. The van der Waals surface area contributed by atoms with Crippen LogP contribution in [0.2, 0.25) is 0 Å². The smallest absolute Gasteiger partial charge is 0.0596 e. The Morgan fingerprint density at radius 2 is 2.17 bits per heavy atom. The standard InChI is InChI=1S/C15H27N3/c1-4-18-15(8-12(3)17-18)9-14-7-11(2)5-6-13(14)10-16/h8,11,13-14H,4-7,9-10,16H2,1-3H3. The molecule has 1 aromatic heterocycles. The zero-order valence-corrected chi connectivity index (χ0v) is 12.0. The summed E-state index contributed by atoms with van der Waals surface area (Å²) < 4.78 is 2.15. The molecule has 3 heteroatoms. The predicted molar refractivity (Wildman–Crippen MR) is 75.4 cm³/mol. The van der Waals surface area contributed by atoms with E-state index in [0.717, 1.165) is 37.0 Å². The van der Waals surface area contributed by atoms with Crippen LogP contribution in [-0.2, 0) is 13.0 Å². The molecule has 2 N–H and O–H groups in total. The van der Waals surface area contributed by atoms with Crippen molar-refractivity contribution in [3.05, 3.63) is 17.5 Å². The maximum atomic E-state index is 5.95. The quantitative estimate of drug-likeness (QED) is 0.891. The summed E-state index contributed by atoms with van der Waals surface area (Å²) in [6.45, 7) is 8.44. The zero-order valence-electron chi connectivity index (χ0n) is 12.0. The lowest BCUT2D eigenvalue weighted by atomic mass is 9.73. The number of aryl methyl sites for hydroxylation is 2. The maximum absolute atomic E-state index is 5.95. The molecule has 3 atom stereocenters. The lowest BCUT2D eigenvalue weighted by Gasteiger charge is -2.34. The highest BCUT2D eigenvalue weighted by Gasteiger charge is 2.28. The number of nitrogens with two attached hydrogens (primary N) is 1. The Kier molecular flexibility index (Phi) is 4.44. The van der Waals surface area contributed by atoms with Crippen LogP contribution < -0.4 is 5.73 Å². The molecule has 3 unspecified atom stereocenters. The van der Waals surface area contributed by atoms with Crippen molar-refractivity contribution in [2.75, 3.05) is 6.54 Å². The monoisotopic (exact) mass is 249 g/mol. The lowest BCUT2D eigenvalue weighted by molar-refractivity contribution is 0.190. The summed E-state index contributed by atoms with van der Waals surface area (Å²) in [6.07, 6.45) is 5.14. The third-order valence-corrected chi connectivity index (χ3v) is 4.46. The van der Waals surface area contributed by atoms with Gasteiger partial charge in [-0.3, -0.25) is 4.68 Å². The Balaban J connectivity index is 2.10. The summed E-state index contributed by atoms with van der Waals surface area (Å²) >= 11 is 0. The van der Waals surface area contributed by atoms with E-state index in [1.165, 1.54) is 25.0 Å². The highest BCUT2D eigenvalue weighted by Crippen LogP contribution is 2.35. The van der Waals surface area contributed by atoms with Crippen molar-refractivity contribution in [1.29, 1.82) is 0 Å². The topological polar surface area (TPSA) is 43.8 Å². The normalized spacial score (nSPS) is 28.6. The molecular weight excluding hydrogens is 222 g/mol. The molecule has 1 aromatic rings. The molecule has 0 saturated heterocycles. The lowest BCUT2D eigenvalue weighted by Crippen LogP contribution is -2.31. The zero-order chi connectivity index (χ0) is 13.1. The van der Waals surface area contributed by atoms with E-state index >= 15 is 0 Å². The highest BCUT2D eigenvalue weighted by atomic mass is 15.3. The van der Waals surface area contributed by atoms with Crippen molar-refractivity contribution in [3.8, 4) is 0 Å². The molecule has 0 aliphatic heterocycles. The third kappa shape index (κ3) is 2.94. The number of hydrogen-bond acceptors (Lipinski definition) is 2. The van der Waals surface area contributed by atoms with Crippen molar-refractivity contribution in [1.82, 2.24) is 9.78 Å². The van der Waals surface area contributed by atoms with E-state index in [-0.39, 0.29) is 0 Å². The van der Waals surface area contributed by atoms with Crippen LogP contribution in [-0.4, -0.2) is 16.3 Å². The Labute approximate surface area is 111 Å². The van der Waals surface area contributed by atoms with Gasteiger partial charge in [-0.25, -0.2) is 0 Å². The first kappa shape index (κ1) is 13.6. The van der Waals surface area contributed by atoms with Crippen molar-refractivity contribution in [2.45, 2.75) is 53.0 Å². The second-order valence-corrected chi connectivity index (χ2v) is 5.97. The molecule has 1 fully saturated rings. The van der Waals surface area contributed by atoms with Gasteiger partial charge in [0.1, 0.15) is 0 Å². The fraction of sp³-hybridized carbons (Fsp3) is 0.800.